The maximum atomic E-state index is 14.1. The largest absolute Gasteiger partial charge is 0.367 e. The second-order valence-electron chi connectivity index (χ2n) is 8.71. The van der Waals surface area contributed by atoms with Crippen LogP contribution < -0.4 is 9.80 Å². The topological polar surface area (TPSA) is 43.9 Å². The first-order valence-electron chi connectivity index (χ1n) is 10.3. The van der Waals surface area contributed by atoms with Gasteiger partial charge < -0.3 is 4.90 Å². The van der Waals surface area contributed by atoms with Crippen LogP contribution in [-0.4, -0.2) is 54.9 Å². The Morgan fingerprint density at radius 2 is 1.63 bits per heavy atom. The highest BCUT2D eigenvalue weighted by molar-refractivity contribution is 6.53. The predicted octanol–water partition coefficient (Wildman–Crippen LogP) is 3.35. The summed E-state index contributed by atoms with van der Waals surface area (Å²) < 4.78 is 14.1. The number of piperazine rings is 1. The van der Waals surface area contributed by atoms with E-state index in [9.17, 15) is 14.0 Å². The van der Waals surface area contributed by atoms with E-state index in [1.165, 1.54) is 6.07 Å². The Morgan fingerprint density at radius 3 is 2.37 bits per heavy atom. The zero-order chi connectivity index (χ0) is 21.0. The number of halogens is 1. The molecule has 0 bridgehead atoms. The van der Waals surface area contributed by atoms with Crippen LogP contribution in [0.25, 0.3) is 5.57 Å². The zero-order valence-electron chi connectivity index (χ0n) is 17.2. The second-order valence-corrected chi connectivity index (χ2v) is 8.71. The molecule has 1 fully saturated rings. The summed E-state index contributed by atoms with van der Waals surface area (Å²) in [5.74, 6) is -1.05. The van der Waals surface area contributed by atoms with Gasteiger partial charge in [0, 0.05) is 38.3 Å². The van der Waals surface area contributed by atoms with Crippen LogP contribution in [-0.2, 0) is 4.79 Å². The molecule has 0 N–H and O–H groups in total. The van der Waals surface area contributed by atoms with Crippen molar-refractivity contribution in [3.8, 4) is 0 Å². The molecule has 154 valence electrons. The minimum atomic E-state index is -0.559. The highest BCUT2D eigenvalue weighted by Crippen LogP contribution is 2.45. The summed E-state index contributed by atoms with van der Waals surface area (Å²) >= 11 is 0. The molecule has 0 radical (unpaired) electrons. The minimum Gasteiger partial charge on any atom is -0.367 e. The molecule has 3 heterocycles. The Hall–Kier alpha value is -2.99. The van der Waals surface area contributed by atoms with Crippen LogP contribution in [0, 0.1) is 5.82 Å². The van der Waals surface area contributed by atoms with Gasteiger partial charge in [-0.2, -0.15) is 0 Å². The molecule has 2 aromatic rings. The first kappa shape index (κ1) is 19.0. The number of hydrogen-bond donors (Lipinski definition) is 0. The third-order valence-electron chi connectivity index (χ3n) is 6.31. The molecule has 5 rings (SSSR count). The summed E-state index contributed by atoms with van der Waals surface area (Å²) in [6, 6.07) is 12.5. The molecule has 30 heavy (non-hydrogen) atoms. The van der Waals surface area contributed by atoms with Crippen molar-refractivity contribution in [3.05, 3.63) is 65.5 Å². The van der Waals surface area contributed by atoms with Crippen LogP contribution in [0.1, 0.15) is 29.8 Å². The van der Waals surface area contributed by atoms with E-state index in [2.05, 4.69) is 15.9 Å². The molecular weight excluding hydrogens is 381 g/mol. The summed E-state index contributed by atoms with van der Waals surface area (Å²) in [6.07, 6.45) is 2.11. The van der Waals surface area contributed by atoms with Gasteiger partial charge in [-0.3, -0.25) is 19.4 Å². The maximum Gasteiger partial charge on any atom is 0.300 e. The fraction of sp³-hybridized carbons (Fsp3) is 0.333. The van der Waals surface area contributed by atoms with Gasteiger partial charge in [0.05, 0.1) is 22.5 Å². The summed E-state index contributed by atoms with van der Waals surface area (Å²) in [6.45, 7) is 7.84. The highest BCUT2D eigenvalue weighted by atomic mass is 19.1. The fourth-order valence-corrected chi connectivity index (χ4v) is 4.89. The molecule has 1 saturated heterocycles. The lowest BCUT2D eigenvalue weighted by molar-refractivity contribution is -0.115. The second kappa shape index (κ2) is 6.77. The molecule has 0 saturated carbocycles. The quantitative estimate of drug-likeness (QED) is 0.735. The van der Waals surface area contributed by atoms with E-state index in [1.54, 1.807) is 17.0 Å². The van der Waals surface area contributed by atoms with Crippen LogP contribution in [0.3, 0.4) is 0 Å². The normalized spacial score (nSPS) is 20.4. The van der Waals surface area contributed by atoms with E-state index in [-0.39, 0.29) is 5.82 Å². The van der Waals surface area contributed by atoms with Gasteiger partial charge >= 0.3 is 0 Å². The lowest BCUT2D eigenvalue weighted by Gasteiger charge is -2.41. The van der Waals surface area contributed by atoms with Crippen LogP contribution >= 0.6 is 0 Å². The number of benzene rings is 2. The number of Topliss-reactive ketones (excluding diaryl/α,β-unsaturated/α-hetero) is 1. The van der Waals surface area contributed by atoms with Crippen LogP contribution in [0.2, 0.25) is 0 Å². The molecular formula is C24H24FN3O2. The van der Waals surface area contributed by atoms with Crippen molar-refractivity contribution in [1.82, 2.24) is 4.90 Å². The van der Waals surface area contributed by atoms with Crippen molar-refractivity contribution >= 4 is 28.6 Å². The van der Waals surface area contributed by atoms with Crippen molar-refractivity contribution in [3.63, 3.8) is 0 Å². The Balaban J connectivity index is 1.38. The van der Waals surface area contributed by atoms with Crippen molar-refractivity contribution in [2.45, 2.75) is 19.4 Å². The number of carbonyl (C=O) groups excluding carboxylic acids is 2. The molecule has 3 aliphatic heterocycles. The first-order chi connectivity index (χ1) is 14.4. The lowest BCUT2D eigenvalue weighted by atomic mass is 9.88. The minimum absolute atomic E-state index is 0.183. The summed E-state index contributed by atoms with van der Waals surface area (Å²) in [5.41, 5.74) is 3.44. The van der Waals surface area contributed by atoms with Crippen molar-refractivity contribution in [2.24, 2.45) is 0 Å². The van der Waals surface area contributed by atoms with Gasteiger partial charge in [0.1, 0.15) is 5.82 Å². The van der Waals surface area contributed by atoms with Crippen LogP contribution in [0.4, 0.5) is 15.8 Å². The molecule has 5 nitrogen and oxygen atoms in total. The van der Waals surface area contributed by atoms with Crippen LogP contribution in [0.5, 0.6) is 0 Å². The monoisotopic (exact) mass is 405 g/mol. The zero-order valence-corrected chi connectivity index (χ0v) is 17.2. The van der Waals surface area contributed by atoms with Gasteiger partial charge in [0.15, 0.2) is 0 Å². The number of para-hydroxylation sites is 2. The molecule has 6 heteroatoms. The number of anilines is 2. The third kappa shape index (κ3) is 2.86. The third-order valence-corrected chi connectivity index (χ3v) is 6.31. The number of rotatable bonds is 3. The number of carbonyl (C=O) groups is 2. The van der Waals surface area contributed by atoms with Crippen LogP contribution in [0.15, 0.2) is 48.5 Å². The van der Waals surface area contributed by atoms with Gasteiger partial charge in [-0.15, -0.1) is 0 Å². The van der Waals surface area contributed by atoms with Gasteiger partial charge in [-0.25, -0.2) is 4.39 Å². The summed E-state index contributed by atoms with van der Waals surface area (Å²) in [4.78, 5) is 31.1. The standard InChI is InChI=1S/C24H24FN3O2/c1-24(2)14-16(17-6-5-7-18-21(17)28(24)23(30)22(18)29)15-26-10-12-27(13-11-26)20-9-4-3-8-19(20)25/h3-9,14H,10-13,15H2,1-2H3. The molecule has 0 spiro atoms. The molecule has 0 aliphatic carbocycles. The average Bonchev–Trinajstić information content (AvgIpc) is 2.99. The molecule has 0 aromatic heterocycles. The lowest BCUT2D eigenvalue weighted by Crippen LogP contribution is -2.50. The molecule has 2 aromatic carbocycles. The van der Waals surface area contributed by atoms with Gasteiger partial charge in [0.25, 0.3) is 11.7 Å². The first-order valence-corrected chi connectivity index (χ1v) is 10.3. The maximum absolute atomic E-state index is 14.1. The van der Waals surface area contributed by atoms with E-state index < -0.39 is 17.2 Å². The summed E-state index contributed by atoms with van der Waals surface area (Å²) in [5, 5.41) is 0. The van der Waals surface area contributed by atoms with E-state index in [1.807, 2.05) is 38.1 Å². The van der Waals surface area contributed by atoms with E-state index in [4.69, 9.17) is 0 Å². The fourth-order valence-electron chi connectivity index (χ4n) is 4.89. The van der Waals surface area contributed by atoms with Gasteiger partial charge in [-0.05, 0) is 37.6 Å². The van der Waals surface area contributed by atoms with Crippen molar-refractivity contribution in [2.75, 3.05) is 42.5 Å². The Morgan fingerprint density at radius 1 is 0.933 bits per heavy atom. The van der Waals surface area contributed by atoms with Gasteiger partial charge in [-0.1, -0.05) is 30.3 Å². The highest BCUT2D eigenvalue weighted by Gasteiger charge is 2.46. The Kier molecular flexibility index (Phi) is 4.29. The summed E-state index contributed by atoms with van der Waals surface area (Å²) in [7, 11) is 0. The SMILES string of the molecule is CC1(C)C=C(CN2CCN(c3ccccc3F)CC2)c2cccc3c2N1C(=O)C3=O. The molecule has 1 amide bonds. The molecule has 0 unspecified atom stereocenters. The van der Waals surface area contributed by atoms with E-state index in [0.29, 0.717) is 11.3 Å². The predicted molar refractivity (Wildman–Crippen MR) is 115 cm³/mol. The molecule has 3 aliphatic rings. The number of hydrogen-bond acceptors (Lipinski definition) is 4. The number of nitrogens with zero attached hydrogens (tertiary/aromatic N) is 3. The Labute approximate surface area is 175 Å². The van der Waals surface area contributed by atoms with Crippen molar-refractivity contribution < 1.29 is 14.0 Å². The van der Waals surface area contributed by atoms with Gasteiger partial charge in [0.2, 0.25) is 0 Å². The Bertz CT molecular complexity index is 1080. The van der Waals surface area contributed by atoms with E-state index in [0.717, 1.165) is 49.5 Å². The number of amides is 1. The average molecular weight is 405 g/mol. The smallest absolute Gasteiger partial charge is 0.300 e. The van der Waals surface area contributed by atoms with Crippen molar-refractivity contribution in [1.29, 1.82) is 0 Å². The number of ketones is 1. The molecule has 0 atom stereocenters. The van der Waals surface area contributed by atoms with E-state index >= 15 is 0 Å².